The Balaban J connectivity index is 2.45. The van der Waals surface area contributed by atoms with Gasteiger partial charge in [0.05, 0.1) is 0 Å². The highest BCUT2D eigenvalue weighted by Gasteiger charge is 2.15. The van der Waals surface area contributed by atoms with E-state index in [2.05, 4.69) is 0 Å². The molecule has 14 heavy (non-hydrogen) atoms. The average Bonchev–Trinajstić information content (AvgIpc) is 2.02. The van der Waals surface area contributed by atoms with E-state index in [-0.39, 0.29) is 11.6 Å². The van der Waals surface area contributed by atoms with E-state index in [4.69, 9.17) is 4.74 Å². The smallest absolute Gasteiger partial charge is 0.331 e. The molecule has 0 heterocycles. The van der Waals surface area contributed by atoms with Gasteiger partial charge in [0.25, 0.3) is 0 Å². The molecule has 0 atom stereocenters. The first-order valence-corrected chi connectivity index (χ1v) is 5.40. The van der Waals surface area contributed by atoms with Crippen LogP contribution in [0.4, 0.5) is 0 Å². The Bertz CT molecular complexity index is 225. The second kappa shape index (κ2) is 4.63. The molecule has 0 unspecified atom stereocenters. The summed E-state index contributed by atoms with van der Waals surface area (Å²) in [5.74, 6) is -0.186. The van der Waals surface area contributed by atoms with Gasteiger partial charge in [0, 0.05) is 6.08 Å². The Labute approximate surface area is 86.3 Å². The van der Waals surface area contributed by atoms with Crippen molar-refractivity contribution in [2.24, 2.45) is 0 Å². The summed E-state index contributed by atoms with van der Waals surface area (Å²) in [6.07, 6.45) is 7.55. The van der Waals surface area contributed by atoms with Crippen LogP contribution in [0.25, 0.3) is 0 Å². The van der Waals surface area contributed by atoms with E-state index in [9.17, 15) is 4.79 Å². The summed E-state index contributed by atoms with van der Waals surface area (Å²) < 4.78 is 5.23. The van der Waals surface area contributed by atoms with E-state index in [1.54, 1.807) is 6.08 Å². The standard InChI is InChI=1S/C12H20O2/c1-12(2,3)14-11(13)9-10-7-5-4-6-8-10/h9H,4-8H2,1-3H3. The predicted octanol–water partition coefficient (Wildman–Crippen LogP) is 3.22. The Morgan fingerprint density at radius 1 is 1.21 bits per heavy atom. The number of ether oxygens (including phenoxy) is 1. The van der Waals surface area contributed by atoms with Crippen molar-refractivity contribution >= 4 is 5.97 Å². The lowest BCUT2D eigenvalue weighted by molar-refractivity contribution is -0.148. The van der Waals surface area contributed by atoms with E-state index in [1.807, 2.05) is 20.8 Å². The van der Waals surface area contributed by atoms with E-state index >= 15 is 0 Å². The average molecular weight is 196 g/mol. The molecule has 0 aromatic heterocycles. The number of carbonyl (C=O) groups excluding carboxylic acids is 1. The topological polar surface area (TPSA) is 26.3 Å². The highest BCUT2D eigenvalue weighted by Crippen LogP contribution is 2.23. The first-order chi connectivity index (χ1) is 6.47. The van der Waals surface area contributed by atoms with Gasteiger partial charge >= 0.3 is 5.97 Å². The summed E-state index contributed by atoms with van der Waals surface area (Å²) in [5.41, 5.74) is 0.883. The van der Waals surface area contributed by atoms with E-state index in [0.29, 0.717) is 0 Å². The third-order valence-electron chi connectivity index (χ3n) is 2.22. The van der Waals surface area contributed by atoms with Crippen LogP contribution in [0.2, 0.25) is 0 Å². The second-order valence-corrected chi connectivity index (χ2v) is 4.90. The molecule has 80 valence electrons. The molecule has 2 heteroatoms. The molecule has 0 aromatic rings. The quantitative estimate of drug-likeness (QED) is 0.475. The molecule has 1 fully saturated rings. The van der Waals surface area contributed by atoms with Gasteiger partial charge in [-0.1, -0.05) is 12.0 Å². The zero-order valence-electron chi connectivity index (χ0n) is 9.43. The zero-order valence-corrected chi connectivity index (χ0v) is 9.43. The number of carbonyl (C=O) groups is 1. The molecular weight excluding hydrogens is 176 g/mol. The predicted molar refractivity (Wildman–Crippen MR) is 57.0 cm³/mol. The number of hydrogen-bond acceptors (Lipinski definition) is 2. The fourth-order valence-corrected chi connectivity index (χ4v) is 1.65. The van der Waals surface area contributed by atoms with Crippen LogP contribution in [0.3, 0.4) is 0 Å². The maximum atomic E-state index is 11.4. The maximum absolute atomic E-state index is 11.4. The minimum Gasteiger partial charge on any atom is -0.457 e. The molecule has 0 amide bonds. The fraction of sp³-hybridized carbons (Fsp3) is 0.750. The molecule has 0 aliphatic heterocycles. The van der Waals surface area contributed by atoms with Crippen molar-refractivity contribution in [3.63, 3.8) is 0 Å². The Kier molecular flexibility index (Phi) is 3.73. The summed E-state index contributed by atoms with van der Waals surface area (Å²) in [7, 11) is 0. The largest absolute Gasteiger partial charge is 0.457 e. The lowest BCUT2D eigenvalue weighted by Crippen LogP contribution is -2.22. The minimum absolute atomic E-state index is 0.186. The van der Waals surface area contributed by atoms with Crippen LogP contribution in [0, 0.1) is 0 Å². The van der Waals surface area contributed by atoms with E-state index in [0.717, 1.165) is 12.8 Å². The van der Waals surface area contributed by atoms with E-state index < -0.39 is 0 Å². The molecular formula is C12H20O2. The van der Waals surface area contributed by atoms with Gasteiger partial charge in [-0.3, -0.25) is 0 Å². The summed E-state index contributed by atoms with van der Waals surface area (Å²) in [5, 5.41) is 0. The highest BCUT2D eigenvalue weighted by molar-refractivity contribution is 5.83. The van der Waals surface area contributed by atoms with Crippen LogP contribution < -0.4 is 0 Å². The van der Waals surface area contributed by atoms with Crippen molar-refractivity contribution in [1.82, 2.24) is 0 Å². The monoisotopic (exact) mass is 196 g/mol. The van der Waals surface area contributed by atoms with Crippen LogP contribution in [0.5, 0.6) is 0 Å². The summed E-state index contributed by atoms with van der Waals surface area (Å²) in [6.45, 7) is 5.68. The zero-order chi connectivity index (χ0) is 10.6. The molecule has 1 saturated carbocycles. The number of esters is 1. The summed E-state index contributed by atoms with van der Waals surface area (Å²) in [6, 6.07) is 0. The first kappa shape index (κ1) is 11.3. The molecule has 0 spiro atoms. The first-order valence-electron chi connectivity index (χ1n) is 5.40. The molecule has 0 aromatic carbocycles. The van der Waals surface area contributed by atoms with Gasteiger partial charge in [0.2, 0.25) is 0 Å². The Morgan fingerprint density at radius 2 is 1.79 bits per heavy atom. The lowest BCUT2D eigenvalue weighted by atomic mass is 9.95. The van der Waals surface area contributed by atoms with Gasteiger partial charge in [-0.05, 0) is 46.5 Å². The van der Waals surface area contributed by atoms with Gasteiger partial charge in [-0.25, -0.2) is 4.79 Å². The van der Waals surface area contributed by atoms with Crippen molar-refractivity contribution in [1.29, 1.82) is 0 Å². The van der Waals surface area contributed by atoms with Crippen molar-refractivity contribution in [2.45, 2.75) is 58.5 Å². The molecule has 0 N–H and O–H groups in total. The van der Waals surface area contributed by atoms with Gasteiger partial charge in [0.1, 0.15) is 5.60 Å². The maximum Gasteiger partial charge on any atom is 0.331 e. The Hall–Kier alpha value is -0.790. The van der Waals surface area contributed by atoms with Crippen LogP contribution >= 0.6 is 0 Å². The third kappa shape index (κ3) is 4.45. The summed E-state index contributed by atoms with van der Waals surface area (Å²) in [4.78, 5) is 11.4. The molecule has 1 aliphatic carbocycles. The van der Waals surface area contributed by atoms with Crippen LogP contribution in [-0.2, 0) is 9.53 Å². The van der Waals surface area contributed by atoms with Crippen molar-refractivity contribution in [3.8, 4) is 0 Å². The van der Waals surface area contributed by atoms with Gasteiger partial charge in [-0.15, -0.1) is 0 Å². The number of allylic oxidation sites excluding steroid dienone is 1. The van der Waals surface area contributed by atoms with Gasteiger partial charge in [-0.2, -0.15) is 0 Å². The van der Waals surface area contributed by atoms with Crippen molar-refractivity contribution < 1.29 is 9.53 Å². The number of rotatable bonds is 1. The molecule has 0 radical (unpaired) electrons. The second-order valence-electron chi connectivity index (χ2n) is 4.90. The van der Waals surface area contributed by atoms with Crippen molar-refractivity contribution in [3.05, 3.63) is 11.6 Å². The Morgan fingerprint density at radius 3 is 2.29 bits per heavy atom. The summed E-state index contributed by atoms with van der Waals surface area (Å²) >= 11 is 0. The SMILES string of the molecule is CC(C)(C)OC(=O)C=C1CCCCC1. The van der Waals surface area contributed by atoms with E-state index in [1.165, 1.54) is 24.8 Å². The third-order valence-corrected chi connectivity index (χ3v) is 2.22. The molecule has 2 nitrogen and oxygen atoms in total. The van der Waals surface area contributed by atoms with Crippen LogP contribution in [-0.4, -0.2) is 11.6 Å². The fourth-order valence-electron chi connectivity index (χ4n) is 1.65. The van der Waals surface area contributed by atoms with Crippen LogP contribution in [0.1, 0.15) is 52.9 Å². The molecule has 0 saturated heterocycles. The van der Waals surface area contributed by atoms with Gasteiger partial charge in [0.15, 0.2) is 0 Å². The molecule has 1 aliphatic rings. The number of hydrogen-bond donors (Lipinski definition) is 0. The minimum atomic E-state index is -0.372. The van der Waals surface area contributed by atoms with Gasteiger partial charge < -0.3 is 4.74 Å². The molecule has 1 rings (SSSR count). The lowest BCUT2D eigenvalue weighted by Gasteiger charge is -2.19. The highest BCUT2D eigenvalue weighted by atomic mass is 16.6. The molecule has 0 bridgehead atoms. The van der Waals surface area contributed by atoms with Crippen LogP contribution in [0.15, 0.2) is 11.6 Å². The normalized spacial score (nSPS) is 17.8. The van der Waals surface area contributed by atoms with Crippen molar-refractivity contribution in [2.75, 3.05) is 0 Å².